The number of nitrogens with one attached hydrogen (secondary N) is 3. The molecule has 6 heteroatoms. The van der Waals surface area contributed by atoms with Gasteiger partial charge in [-0.1, -0.05) is 27.7 Å². The van der Waals surface area contributed by atoms with Gasteiger partial charge in [-0.25, -0.2) is 0 Å². The summed E-state index contributed by atoms with van der Waals surface area (Å²) in [5.74, 6) is -0.422. The molecule has 3 amide bonds. The molecule has 0 saturated heterocycles. The van der Waals surface area contributed by atoms with Crippen LogP contribution < -0.4 is 16.0 Å². The number of hydrogen-bond acceptors (Lipinski definition) is 3. The van der Waals surface area contributed by atoms with Gasteiger partial charge in [-0.3, -0.25) is 14.4 Å². The van der Waals surface area contributed by atoms with E-state index in [9.17, 15) is 14.4 Å². The minimum atomic E-state index is -0.520. The molecule has 0 unspecified atom stereocenters. The van der Waals surface area contributed by atoms with Gasteiger partial charge in [0.05, 0.1) is 0 Å². The number of rotatable bonds is 10. The predicted octanol–water partition coefficient (Wildman–Crippen LogP) is 1.59. The summed E-state index contributed by atoms with van der Waals surface area (Å²) in [6, 6.07) is -0.487. The van der Waals surface area contributed by atoms with Crippen molar-refractivity contribution in [3.63, 3.8) is 0 Å². The van der Waals surface area contributed by atoms with Crippen molar-refractivity contribution in [3.8, 4) is 0 Å². The van der Waals surface area contributed by atoms with Gasteiger partial charge >= 0.3 is 0 Å². The lowest BCUT2D eigenvalue weighted by Gasteiger charge is -2.21. The molecule has 0 spiro atoms. The Balaban J connectivity index is 4.33. The third-order valence-corrected chi connectivity index (χ3v) is 3.33. The molecule has 0 aliphatic rings. The smallest absolute Gasteiger partial charge is 0.242 e. The standard InChI is InChI=1S/C17H33N3O3/c1-11(2)15(21)18-10-8-7-9-14(17(23)19-13(5)6)20-16(22)12(3)4/h11-14H,7-10H2,1-6H3,(H,18,21)(H,19,23)(H,20,22)/t14-/m0/s1. The highest BCUT2D eigenvalue weighted by atomic mass is 16.2. The summed E-state index contributed by atoms with van der Waals surface area (Å²) in [6.45, 7) is 11.7. The molecule has 0 aliphatic carbocycles. The Hall–Kier alpha value is -1.59. The molecule has 3 N–H and O–H groups in total. The summed E-state index contributed by atoms with van der Waals surface area (Å²) in [4.78, 5) is 35.5. The largest absolute Gasteiger partial charge is 0.356 e. The van der Waals surface area contributed by atoms with Crippen molar-refractivity contribution in [2.45, 2.75) is 72.9 Å². The maximum Gasteiger partial charge on any atom is 0.242 e. The molecule has 0 aromatic heterocycles. The fourth-order valence-corrected chi connectivity index (χ4v) is 1.88. The van der Waals surface area contributed by atoms with Gasteiger partial charge in [0.15, 0.2) is 0 Å². The van der Waals surface area contributed by atoms with E-state index in [0.29, 0.717) is 13.0 Å². The molecule has 0 aromatic rings. The second-order valence-electron chi connectivity index (χ2n) is 6.82. The zero-order valence-corrected chi connectivity index (χ0v) is 15.4. The van der Waals surface area contributed by atoms with Crippen molar-refractivity contribution < 1.29 is 14.4 Å². The van der Waals surface area contributed by atoms with Crippen LogP contribution in [0.2, 0.25) is 0 Å². The molecular formula is C17H33N3O3. The maximum absolute atomic E-state index is 12.2. The highest BCUT2D eigenvalue weighted by molar-refractivity contribution is 5.88. The fourth-order valence-electron chi connectivity index (χ4n) is 1.88. The van der Waals surface area contributed by atoms with E-state index >= 15 is 0 Å². The van der Waals surface area contributed by atoms with Crippen LogP contribution in [0, 0.1) is 11.8 Å². The van der Waals surface area contributed by atoms with E-state index in [1.165, 1.54) is 0 Å². The van der Waals surface area contributed by atoms with Crippen molar-refractivity contribution in [1.82, 2.24) is 16.0 Å². The van der Waals surface area contributed by atoms with Crippen LogP contribution in [0.5, 0.6) is 0 Å². The Kier molecular flexibility index (Phi) is 10.3. The van der Waals surface area contributed by atoms with Crippen molar-refractivity contribution in [2.24, 2.45) is 11.8 Å². The molecule has 0 aromatic carbocycles. The Morgan fingerprint density at radius 1 is 0.739 bits per heavy atom. The molecule has 0 rings (SSSR count). The number of unbranched alkanes of at least 4 members (excludes halogenated alkanes) is 1. The van der Waals surface area contributed by atoms with Gasteiger partial charge in [-0.2, -0.15) is 0 Å². The van der Waals surface area contributed by atoms with Crippen LogP contribution >= 0.6 is 0 Å². The minimum Gasteiger partial charge on any atom is -0.356 e. The van der Waals surface area contributed by atoms with Crippen LogP contribution in [-0.2, 0) is 14.4 Å². The van der Waals surface area contributed by atoms with E-state index in [1.807, 2.05) is 27.7 Å². The minimum absolute atomic E-state index is 0.0232. The normalized spacial score (nSPS) is 12.4. The molecule has 0 radical (unpaired) electrons. The highest BCUT2D eigenvalue weighted by Crippen LogP contribution is 2.04. The van der Waals surface area contributed by atoms with Crippen LogP contribution in [0.15, 0.2) is 0 Å². The van der Waals surface area contributed by atoms with E-state index in [1.54, 1.807) is 13.8 Å². The summed E-state index contributed by atoms with van der Waals surface area (Å²) < 4.78 is 0. The summed E-state index contributed by atoms with van der Waals surface area (Å²) in [6.07, 6.45) is 2.10. The topological polar surface area (TPSA) is 87.3 Å². The summed E-state index contributed by atoms with van der Waals surface area (Å²) in [7, 11) is 0. The highest BCUT2D eigenvalue weighted by Gasteiger charge is 2.22. The SMILES string of the molecule is CC(C)NC(=O)[C@H](CCCCNC(=O)C(C)C)NC(=O)C(C)C. The van der Waals surface area contributed by atoms with E-state index in [-0.39, 0.29) is 35.6 Å². The Labute approximate surface area is 140 Å². The first-order chi connectivity index (χ1) is 10.6. The zero-order chi connectivity index (χ0) is 18.0. The first kappa shape index (κ1) is 21.4. The lowest BCUT2D eigenvalue weighted by molar-refractivity contribution is -0.131. The third-order valence-electron chi connectivity index (χ3n) is 3.33. The van der Waals surface area contributed by atoms with Gasteiger partial charge in [0, 0.05) is 24.4 Å². The molecule has 0 aliphatic heterocycles. The predicted molar refractivity (Wildman–Crippen MR) is 91.7 cm³/mol. The van der Waals surface area contributed by atoms with Crippen LogP contribution in [0.4, 0.5) is 0 Å². The average molecular weight is 327 g/mol. The Morgan fingerprint density at radius 2 is 1.30 bits per heavy atom. The second-order valence-corrected chi connectivity index (χ2v) is 6.82. The maximum atomic E-state index is 12.2. The number of hydrogen-bond donors (Lipinski definition) is 3. The third kappa shape index (κ3) is 9.92. The summed E-state index contributed by atoms with van der Waals surface area (Å²) in [5, 5.41) is 8.49. The first-order valence-corrected chi connectivity index (χ1v) is 8.53. The Bertz CT molecular complexity index is 393. The molecule has 0 heterocycles. The van der Waals surface area contributed by atoms with Crippen molar-refractivity contribution in [1.29, 1.82) is 0 Å². The van der Waals surface area contributed by atoms with E-state index in [4.69, 9.17) is 0 Å². The van der Waals surface area contributed by atoms with Gasteiger partial charge in [-0.15, -0.1) is 0 Å². The number of carbonyl (C=O) groups excluding carboxylic acids is 3. The first-order valence-electron chi connectivity index (χ1n) is 8.53. The molecule has 1 atom stereocenters. The quantitative estimate of drug-likeness (QED) is 0.533. The van der Waals surface area contributed by atoms with Crippen LogP contribution in [0.1, 0.15) is 60.8 Å². The number of amides is 3. The molecular weight excluding hydrogens is 294 g/mol. The average Bonchev–Trinajstić information content (AvgIpc) is 2.43. The van der Waals surface area contributed by atoms with Crippen molar-refractivity contribution in [3.05, 3.63) is 0 Å². The van der Waals surface area contributed by atoms with Crippen molar-refractivity contribution >= 4 is 17.7 Å². The lowest BCUT2D eigenvalue weighted by Crippen LogP contribution is -2.49. The van der Waals surface area contributed by atoms with Gasteiger partial charge in [-0.05, 0) is 33.1 Å². The zero-order valence-electron chi connectivity index (χ0n) is 15.4. The van der Waals surface area contributed by atoms with E-state index < -0.39 is 6.04 Å². The second kappa shape index (κ2) is 11.0. The molecule has 0 fully saturated rings. The molecule has 0 bridgehead atoms. The van der Waals surface area contributed by atoms with Crippen LogP contribution in [0.25, 0.3) is 0 Å². The van der Waals surface area contributed by atoms with Gasteiger partial charge in [0.2, 0.25) is 17.7 Å². The summed E-state index contributed by atoms with van der Waals surface area (Å²) in [5.41, 5.74) is 0. The van der Waals surface area contributed by atoms with E-state index in [0.717, 1.165) is 12.8 Å². The van der Waals surface area contributed by atoms with Gasteiger partial charge in [0.1, 0.15) is 6.04 Å². The lowest BCUT2D eigenvalue weighted by atomic mass is 10.1. The number of carbonyl (C=O) groups is 3. The van der Waals surface area contributed by atoms with Crippen LogP contribution in [-0.4, -0.2) is 36.3 Å². The molecule has 134 valence electrons. The molecule has 6 nitrogen and oxygen atoms in total. The van der Waals surface area contributed by atoms with Crippen LogP contribution in [0.3, 0.4) is 0 Å². The van der Waals surface area contributed by atoms with Crippen molar-refractivity contribution in [2.75, 3.05) is 6.54 Å². The van der Waals surface area contributed by atoms with Gasteiger partial charge in [0.25, 0.3) is 0 Å². The van der Waals surface area contributed by atoms with Gasteiger partial charge < -0.3 is 16.0 Å². The summed E-state index contributed by atoms with van der Waals surface area (Å²) >= 11 is 0. The van der Waals surface area contributed by atoms with E-state index in [2.05, 4.69) is 16.0 Å². The molecule has 0 saturated carbocycles. The molecule has 23 heavy (non-hydrogen) atoms. The fraction of sp³-hybridized carbons (Fsp3) is 0.824. The monoisotopic (exact) mass is 327 g/mol. The Morgan fingerprint density at radius 3 is 1.78 bits per heavy atom.